The van der Waals surface area contributed by atoms with Crippen molar-refractivity contribution in [1.82, 2.24) is 5.32 Å². The summed E-state index contributed by atoms with van der Waals surface area (Å²) in [6.07, 6.45) is 6.47. The summed E-state index contributed by atoms with van der Waals surface area (Å²) in [5.41, 5.74) is 0. The molecule has 0 radical (unpaired) electrons. The molecule has 0 aromatic carbocycles. The van der Waals surface area contributed by atoms with Crippen LogP contribution in [0, 0.1) is 5.92 Å². The first-order valence-corrected chi connectivity index (χ1v) is 8.59. The average molecular weight is 260 g/mol. The first kappa shape index (κ1) is 17.3. The lowest BCUT2D eigenvalue weighted by Gasteiger charge is -2.27. The van der Waals surface area contributed by atoms with E-state index in [0.717, 1.165) is 17.2 Å². The van der Waals surface area contributed by atoms with Crippen LogP contribution in [-0.4, -0.2) is 23.6 Å². The van der Waals surface area contributed by atoms with Crippen molar-refractivity contribution in [3.63, 3.8) is 0 Å². The normalized spacial score (nSPS) is 16.8. The van der Waals surface area contributed by atoms with Crippen molar-refractivity contribution in [3.05, 3.63) is 0 Å². The highest BCUT2D eigenvalue weighted by atomic mass is 32.2. The number of rotatable bonds is 11. The van der Waals surface area contributed by atoms with Crippen LogP contribution in [0.3, 0.4) is 0 Å². The molecule has 0 saturated heterocycles. The fourth-order valence-corrected chi connectivity index (χ4v) is 3.50. The van der Waals surface area contributed by atoms with Gasteiger partial charge in [0.2, 0.25) is 0 Å². The van der Waals surface area contributed by atoms with E-state index in [1.165, 1.54) is 44.4 Å². The maximum absolute atomic E-state index is 3.74. The van der Waals surface area contributed by atoms with Crippen LogP contribution in [0.1, 0.15) is 66.7 Å². The third-order valence-corrected chi connectivity index (χ3v) is 5.25. The fraction of sp³-hybridized carbons (Fsp3) is 1.00. The van der Waals surface area contributed by atoms with Crippen LogP contribution in [-0.2, 0) is 0 Å². The number of nitrogens with one attached hydrogen (secondary N) is 1. The minimum absolute atomic E-state index is 0.721. The Balaban J connectivity index is 4.13. The Morgan fingerprint density at radius 3 is 2.18 bits per heavy atom. The summed E-state index contributed by atoms with van der Waals surface area (Å²) < 4.78 is 0. The summed E-state index contributed by atoms with van der Waals surface area (Å²) in [7, 11) is 0. The summed E-state index contributed by atoms with van der Waals surface area (Å²) in [6.45, 7) is 12.7. The summed E-state index contributed by atoms with van der Waals surface area (Å²) in [4.78, 5) is 0. The topological polar surface area (TPSA) is 12.0 Å². The van der Waals surface area contributed by atoms with Crippen LogP contribution >= 0.6 is 11.8 Å². The second-order valence-electron chi connectivity index (χ2n) is 5.14. The molecule has 0 aromatic heterocycles. The number of hydrogen-bond donors (Lipinski definition) is 1. The molecular weight excluding hydrogens is 226 g/mol. The quantitative estimate of drug-likeness (QED) is 0.576. The largest absolute Gasteiger partial charge is 0.313 e. The van der Waals surface area contributed by atoms with Crippen molar-refractivity contribution < 1.29 is 0 Å². The predicted molar refractivity (Wildman–Crippen MR) is 83.0 cm³/mol. The molecule has 1 N–H and O–H groups in total. The Hall–Kier alpha value is 0.310. The molecule has 3 atom stereocenters. The highest BCUT2D eigenvalue weighted by molar-refractivity contribution is 7.99. The standard InChI is InChI=1S/C15H33NS/c1-6-10-14(16-11-7-2)15(9-4)17-12-13(5)8-3/h13-16H,6-12H2,1-5H3. The molecule has 3 unspecified atom stereocenters. The van der Waals surface area contributed by atoms with Gasteiger partial charge in [0.15, 0.2) is 0 Å². The Morgan fingerprint density at radius 2 is 1.71 bits per heavy atom. The second-order valence-corrected chi connectivity index (χ2v) is 6.41. The van der Waals surface area contributed by atoms with E-state index in [9.17, 15) is 0 Å². The van der Waals surface area contributed by atoms with Gasteiger partial charge in [0, 0.05) is 11.3 Å². The van der Waals surface area contributed by atoms with Crippen LogP contribution < -0.4 is 5.32 Å². The molecule has 0 fully saturated rings. The molecule has 1 nitrogen and oxygen atoms in total. The smallest absolute Gasteiger partial charge is 0.0198 e. The zero-order chi connectivity index (χ0) is 13.1. The average Bonchev–Trinajstić information content (AvgIpc) is 2.35. The second kappa shape index (κ2) is 11.4. The van der Waals surface area contributed by atoms with Crippen molar-refractivity contribution in [1.29, 1.82) is 0 Å². The van der Waals surface area contributed by atoms with Gasteiger partial charge in [-0.15, -0.1) is 0 Å². The van der Waals surface area contributed by atoms with Gasteiger partial charge in [0.05, 0.1) is 0 Å². The third kappa shape index (κ3) is 8.10. The molecule has 0 heterocycles. The highest BCUT2D eigenvalue weighted by Gasteiger charge is 2.19. The summed E-state index contributed by atoms with van der Waals surface area (Å²) in [5, 5.41) is 4.54. The lowest BCUT2D eigenvalue weighted by Crippen LogP contribution is -2.38. The van der Waals surface area contributed by atoms with Gasteiger partial charge < -0.3 is 5.32 Å². The first-order valence-electron chi connectivity index (χ1n) is 7.54. The summed E-state index contributed by atoms with van der Waals surface area (Å²) in [6, 6.07) is 0.721. The molecule has 17 heavy (non-hydrogen) atoms. The van der Waals surface area contributed by atoms with Gasteiger partial charge in [0.1, 0.15) is 0 Å². The minimum Gasteiger partial charge on any atom is -0.313 e. The first-order chi connectivity index (χ1) is 8.19. The molecule has 0 aliphatic rings. The van der Waals surface area contributed by atoms with E-state index < -0.39 is 0 Å². The van der Waals surface area contributed by atoms with Gasteiger partial charge in [-0.3, -0.25) is 0 Å². The van der Waals surface area contributed by atoms with Crippen molar-refractivity contribution in [2.45, 2.75) is 78.0 Å². The minimum atomic E-state index is 0.721. The van der Waals surface area contributed by atoms with Gasteiger partial charge in [-0.2, -0.15) is 11.8 Å². The van der Waals surface area contributed by atoms with E-state index in [0.29, 0.717) is 0 Å². The maximum Gasteiger partial charge on any atom is 0.0198 e. The summed E-state index contributed by atoms with van der Waals surface area (Å²) in [5.74, 6) is 2.19. The molecule has 0 aromatic rings. The van der Waals surface area contributed by atoms with Gasteiger partial charge in [0.25, 0.3) is 0 Å². The molecule has 0 bridgehead atoms. The van der Waals surface area contributed by atoms with Crippen LogP contribution in [0.4, 0.5) is 0 Å². The molecule has 0 amide bonds. The van der Waals surface area contributed by atoms with E-state index in [1.54, 1.807) is 0 Å². The van der Waals surface area contributed by atoms with E-state index in [2.05, 4.69) is 51.7 Å². The van der Waals surface area contributed by atoms with Gasteiger partial charge in [-0.1, -0.05) is 47.5 Å². The Labute approximate surface area is 114 Å². The van der Waals surface area contributed by atoms with E-state index in [4.69, 9.17) is 0 Å². The lowest BCUT2D eigenvalue weighted by atomic mass is 10.1. The van der Waals surface area contributed by atoms with Gasteiger partial charge in [-0.25, -0.2) is 0 Å². The van der Waals surface area contributed by atoms with Crippen LogP contribution in [0.5, 0.6) is 0 Å². The number of thioether (sulfide) groups is 1. The van der Waals surface area contributed by atoms with Crippen molar-refractivity contribution in [2.24, 2.45) is 5.92 Å². The molecular formula is C15H33NS. The zero-order valence-electron chi connectivity index (χ0n) is 12.6. The van der Waals surface area contributed by atoms with E-state index >= 15 is 0 Å². The Kier molecular flexibility index (Phi) is 11.6. The van der Waals surface area contributed by atoms with Crippen molar-refractivity contribution >= 4 is 11.8 Å². The molecule has 2 heteroatoms. The lowest BCUT2D eigenvalue weighted by molar-refractivity contribution is 0.453. The molecule has 0 spiro atoms. The van der Waals surface area contributed by atoms with Crippen LogP contribution in [0.25, 0.3) is 0 Å². The Bertz CT molecular complexity index is 161. The molecule has 104 valence electrons. The molecule has 0 aliphatic carbocycles. The maximum atomic E-state index is 3.74. The Morgan fingerprint density at radius 1 is 1.00 bits per heavy atom. The SMILES string of the molecule is CCCNC(CCC)C(CC)SCC(C)CC. The van der Waals surface area contributed by atoms with Crippen molar-refractivity contribution in [3.8, 4) is 0 Å². The summed E-state index contributed by atoms with van der Waals surface area (Å²) >= 11 is 2.19. The van der Waals surface area contributed by atoms with Crippen LogP contribution in [0.15, 0.2) is 0 Å². The van der Waals surface area contributed by atoms with Gasteiger partial charge in [-0.05, 0) is 37.5 Å². The van der Waals surface area contributed by atoms with Crippen molar-refractivity contribution in [2.75, 3.05) is 12.3 Å². The van der Waals surface area contributed by atoms with E-state index in [-0.39, 0.29) is 0 Å². The fourth-order valence-electron chi connectivity index (χ4n) is 1.98. The molecule has 0 saturated carbocycles. The van der Waals surface area contributed by atoms with Gasteiger partial charge >= 0.3 is 0 Å². The predicted octanol–water partition coefficient (Wildman–Crippen LogP) is 4.71. The van der Waals surface area contributed by atoms with E-state index in [1.807, 2.05) is 0 Å². The van der Waals surface area contributed by atoms with Crippen LogP contribution in [0.2, 0.25) is 0 Å². The molecule has 0 rings (SSSR count). The highest BCUT2D eigenvalue weighted by Crippen LogP contribution is 2.24. The number of hydrogen-bond acceptors (Lipinski definition) is 2. The zero-order valence-corrected chi connectivity index (χ0v) is 13.4. The molecule has 0 aliphatic heterocycles. The third-order valence-electron chi connectivity index (χ3n) is 3.40. The monoisotopic (exact) mass is 259 g/mol.